The van der Waals surface area contributed by atoms with E-state index in [9.17, 15) is 22.8 Å². The van der Waals surface area contributed by atoms with Crippen molar-refractivity contribution >= 4 is 11.6 Å². The third kappa shape index (κ3) is 6.64. The zero-order chi connectivity index (χ0) is 25.8. The fraction of sp³-hybridized carbons (Fsp3) is 0.520. The fourth-order valence-electron chi connectivity index (χ4n) is 4.32. The van der Waals surface area contributed by atoms with Crippen LogP contribution >= 0.6 is 0 Å². The Bertz CT molecular complexity index is 1090. The minimum absolute atomic E-state index is 0.0734. The van der Waals surface area contributed by atoms with Gasteiger partial charge in [0, 0.05) is 44.6 Å². The van der Waals surface area contributed by atoms with E-state index in [4.69, 9.17) is 4.74 Å². The van der Waals surface area contributed by atoms with E-state index >= 15 is 0 Å². The summed E-state index contributed by atoms with van der Waals surface area (Å²) in [6.45, 7) is 5.31. The zero-order valence-electron chi connectivity index (χ0n) is 20.5. The molecule has 1 saturated heterocycles. The third-order valence-electron chi connectivity index (χ3n) is 6.28. The Hall–Kier alpha value is -2.85. The highest BCUT2D eigenvalue weighted by molar-refractivity contribution is 5.99. The average molecular weight is 495 g/mol. The molecule has 1 amide bonds. The van der Waals surface area contributed by atoms with Crippen LogP contribution in [0, 0.1) is 6.92 Å². The summed E-state index contributed by atoms with van der Waals surface area (Å²) in [5, 5.41) is 5.99. The molecule has 0 radical (unpaired) electrons. The molecule has 1 aromatic heterocycles. The molecule has 0 bridgehead atoms. The highest BCUT2D eigenvalue weighted by Gasteiger charge is 2.33. The number of rotatable bonds is 8. The molecule has 2 aromatic rings. The molecule has 2 N–H and O–H groups in total. The molecule has 3 rings (SSSR count). The van der Waals surface area contributed by atoms with Gasteiger partial charge in [-0.25, -0.2) is 0 Å². The Labute approximate surface area is 203 Å². The van der Waals surface area contributed by atoms with Crippen LogP contribution in [0.3, 0.4) is 0 Å². The standard InChI is InChI=1S/C25H33F3N4O3/c1-16-19(6-5-7-21(16)25(26,27)28)17(2)30-24(34)20-15-32(18-8-12-35-13-9-18)23(33)14-22(20)29-10-11-31(3)4/h5-7,14-15,17-18,29H,8-13H2,1-4H3,(H,30,34)/t17-/m1/s1. The van der Waals surface area contributed by atoms with Crippen LogP contribution in [0.15, 0.2) is 35.3 Å². The Morgan fingerprint density at radius 2 is 1.94 bits per heavy atom. The number of hydrogen-bond acceptors (Lipinski definition) is 5. The summed E-state index contributed by atoms with van der Waals surface area (Å²) in [7, 11) is 3.83. The number of ether oxygens (including phenoxy) is 1. The van der Waals surface area contributed by atoms with Crippen molar-refractivity contribution in [3.63, 3.8) is 0 Å². The first kappa shape index (κ1) is 26.7. The Kier molecular flexibility index (Phi) is 8.60. The van der Waals surface area contributed by atoms with E-state index in [-0.39, 0.29) is 22.7 Å². The van der Waals surface area contributed by atoms with Gasteiger partial charge in [-0.2, -0.15) is 13.2 Å². The first-order chi connectivity index (χ1) is 16.5. The quantitative estimate of drug-likeness (QED) is 0.581. The van der Waals surface area contributed by atoms with Gasteiger partial charge in [-0.3, -0.25) is 9.59 Å². The number of hydrogen-bond donors (Lipinski definition) is 2. The van der Waals surface area contributed by atoms with Crippen LogP contribution in [0.4, 0.5) is 18.9 Å². The molecule has 0 spiro atoms. The molecular weight excluding hydrogens is 461 g/mol. The van der Waals surface area contributed by atoms with E-state index in [1.807, 2.05) is 19.0 Å². The van der Waals surface area contributed by atoms with Gasteiger partial charge in [0.05, 0.1) is 22.9 Å². The van der Waals surface area contributed by atoms with E-state index in [1.165, 1.54) is 19.1 Å². The maximum atomic E-state index is 13.4. The molecule has 0 saturated carbocycles. The van der Waals surface area contributed by atoms with Gasteiger partial charge in [0.15, 0.2) is 0 Å². The fourth-order valence-corrected chi connectivity index (χ4v) is 4.32. The number of nitrogens with one attached hydrogen (secondary N) is 2. The maximum absolute atomic E-state index is 13.4. The normalized spacial score (nSPS) is 15.8. The van der Waals surface area contributed by atoms with Gasteiger partial charge in [0.25, 0.3) is 11.5 Å². The number of anilines is 1. The molecular formula is C25H33F3N4O3. The van der Waals surface area contributed by atoms with Crippen molar-refractivity contribution in [3.8, 4) is 0 Å². The number of halogens is 3. The number of nitrogens with zero attached hydrogens (tertiary/aromatic N) is 2. The molecule has 0 unspecified atom stereocenters. The van der Waals surface area contributed by atoms with E-state index in [0.29, 0.717) is 50.4 Å². The number of carbonyl (C=O) groups is 1. The second-order valence-electron chi connectivity index (χ2n) is 9.13. The lowest BCUT2D eigenvalue weighted by Gasteiger charge is -2.26. The second kappa shape index (κ2) is 11.3. The topological polar surface area (TPSA) is 75.6 Å². The number of alkyl halides is 3. The maximum Gasteiger partial charge on any atom is 0.416 e. The molecule has 1 aliphatic heterocycles. The lowest BCUT2D eigenvalue weighted by atomic mass is 9.97. The van der Waals surface area contributed by atoms with Crippen molar-refractivity contribution in [2.24, 2.45) is 0 Å². The minimum atomic E-state index is -4.48. The van der Waals surface area contributed by atoms with Crippen molar-refractivity contribution in [3.05, 3.63) is 63.1 Å². The van der Waals surface area contributed by atoms with E-state index in [1.54, 1.807) is 23.8 Å². The molecule has 1 aromatic carbocycles. The summed E-state index contributed by atoms with van der Waals surface area (Å²) in [5.41, 5.74) is 0.173. The van der Waals surface area contributed by atoms with Gasteiger partial charge in [-0.1, -0.05) is 12.1 Å². The van der Waals surface area contributed by atoms with Crippen LogP contribution < -0.4 is 16.2 Å². The highest BCUT2D eigenvalue weighted by atomic mass is 19.4. The lowest BCUT2D eigenvalue weighted by Crippen LogP contribution is -2.33. The van der Waals surface area contributed by atoms with Gasteiger partial charge in [-0.15, -0.1) is 0 Å². The Morgan fingerprint density at radius 1 is 1.26 bits per heavy atom. The van der Waals surface area contributed by atoms with Crippen molar-refractivity contribution in [2.45, 2.75) is 44.9 Å². The third-order valence-corrected chi connectivity index (χ3v) is 6.28. The molecule has 192 valence electrons. The van der Waals surface area contributed by atoms with Crippen LogP contribution in [0.2, 0.25) is 0 Å². The summed E-state index contributed by atoms with van der Waals surface area (Å²) < 4.78 is 47.1. The smallest absolute Gasteiger partial charge is 0.383 e. The molecule has 2 heterocycles. The molecule has 35 heavy (non-hydrogen) atoms. The summed E-state index contributed by atoms with van der Waals surface area (Å²) in [6.07, 6.45) is -1.60. The molecule has 1 atom stereocenters. The first-order valence-electron chi connectivity index (χ1n) is 11.7. The molecule has 7 nitrogen and oxygen atoms in total. The van der Waals surface area contributed by atoms with Gasteiger partial charge < -0.3 is 24.8 Å². The zero-order valence-corrected chi connectivity index (χ0v) is 20.5. The SMILES string of the molecule is Cc1c([C@@H](C)NC(=O)c2cn(C3CCOCC3)c(=O)cc2NCCN(C)C)cccc1C(F)(F)F. The number of pyridine rings is 1. The largest absolute Gasteiger partial charge is 0.416 e. The number of benzene rings is 1. The molecule has 0 aliphatic carbocycles. The van der Waals surface area contributed by atoms with E-state index < -0.39 is 23.7 Å². The predicted molar refractivity (Wildman–Crippen MR) is 129 cm³/mol. The molecule has 10 heteroatoms. The van der Waals surface area contributed by atoms with E-state index in [0.717, 1.165) is 6.07 Å². The van der Waals surface area contributed by atoms with Crippen LogP contribution in [0.25, 0.3) is 0 Å². The Morgan fingerprint density at radius 3 is 2.57 bits per heavy atom. The molecule has 1 aliphatic rings. The van der Waals surface area contributed by atoms with E-state index in [2.05, 4.69) is 10.6 Å². The minimum Gasteiger partial charge on any atom is -0.383 e. The second-order valence-corrected chi connectivity index (χ2v) is 9.13. The summed E-state index contributed by atoms with van der Waals surface area (Å²) in [5.74, 6) is -0.470. The van der Waals surface area contributed by atoms with Crippen LogP contribution in [0.5, 0.6) is 0 Å². The summed E-state index contributed by atoms with van der Waals surface area (Å²) in [6, 6.07) is 4.61. The number of aromatic nitrogens is 1. The highest BCUT2D eigenvalue weighted by Crippen LogP contribution is 2.34. The van der Waals surface area contributed by atoms with Gasteiger partial charge in [0.1, 0.15) is 0 Å². The monoisotopic (exact) mass is 494 g/mol. The number of likely N-dealkylation sites (N-methyl/N-ethyl adjacent to an activating group) is 1. The van der Waals surface area contributed by atoms with Gasteiger partial charge in [-0.05, 0) is 58.0 Å². The van der Waals surface area contributed by atoms with Crippen molar-refractivity contribution in [1.29, 1.82) is 0 Å². The van der Waals surface area contributed by atoms with Gasteiger partial charge in [0.2, 0.25) is 0 Å². The lowest BCUT2D eigenvalue weighted by molar-refractivity contribution is -0.138. The van der Waals surface area contributed by atoms with Crippen LogP contribution in [-0.4, -0.2) is 55.8 Å². The summed E-state index contributed by atoms with van der Waals surface area (Å²) >= 11 is 0. The summed E-state index contributed by atoms with van der Waals surface area (Å²) in [4.78, 5) is 28.2. The number of carbonyl (C=O) groups excluding carboxylic acids is 1. The number of amides is 1. The predicted octanol–water partition coefficient (Wildman–Crippen LogP) is 3.99. The first-order valence-corrected chi connectivity index (χ1v) is 11.7. The molecule has 1 fully saturated rings. The van der Waals surface area contributed by atoms with Crippen LogP contribution in [-0.2, 0) is 10.9 Å². The van der Waals surface area contributed by atoms with Crippen molar-refractivity contribution in [1.82, 2.24) is 14.8 Å². The van der Waals surface area contributed by atoms with Gasteiger partial charge >= 0.3 is 6.18 Å². The average Bonchev–Trinajstić information content (AvgIpc) is 2.78. The Balaban J connectivity index is 1.92. The van der Waals surface area contributed by atoms with Crippen molar-refractivity contribution < 1.29 is 22.7 Å². The van der Waals surface area contributed by atoms with Crippen LogP contribution in [0.1, 0.15) is 58.9 Å². The van der Waals surface area contributed by atoms with Crippen molar-refractivity contribution in [2.75, 3.05) is 45.7 Å².